The molecule has 0 spiro atoms. The van der Waals surface area contributed by atoms with E-state index >= 15 is 0 Å². The molecule has 0 aromatic heterocycles. The van der Waals surface area contributed by atoms with Crippen molar-refractivity contribution in [2.24, 2.45) is 0 Å². The number of carbonyl (C=O) groups excluding carboxylic acids is 2. The number of hydrogen-bond acceptors (Lipinski definition) is 4. The van der Waals surface area contributed by atoms with Crippen molar-refractivity contribution in [3.63, 3.8) is 0 Å². The zero-order chi connectivity index (χ0) is 23.7. The van der Waals surface area contributed by atoms with Gasteiger partial charge in [0.05, 0.1) is 10.6 Å². The summed E-state index contributed by atoms with van der Waals surface area (Å²) in [6.45, 7) is 0.226. The first kappa shape index (κ1) is 22.2. The lowest BCUT2D eigenvalue weighted by atomic mass is 10.0. The van der Waals surface area contributed by atoms with E-state index in [1.807, 2.05) is 36.4 Å². The van der Waals surface area contributed by atoms with Crippen molar-refractivity contribution in [1.29, 1.82) is 0 Å². The van der Waals surface area contributed by atoms with Gasteiger partial charge in [-0.1, -0.05) is 60.1 Å². The summed E-state index contributed by atoms with van der Waals surface area (Å²) in [5.41, 5.74) is 1.92. The van der Waals surface area contributed by atoms with Crippen LogP contribution in [-0.4, -0.2) is 11.1 Å². The SMILES string of the molecule is O=C1S/C(=C/c2c(OCc3ccc(F)cc3)ccc3ccccc23)C(=O)N1c1cccc(Cl)c1. The standard InChI is InChI=1S/C27H17ClFNO3S/c28-19-5-3-6-21(14-19)30-26(31)25(34-27(30)32)15-23-22-7-2-1-4-18(22)10-13-24(23)33-16-17-8-11-20(29)12-9-17/h1-15H,16H2/b25-15+. The van der Waals surface area contributed by atoms with Gasteiger partial charge in [-0.05, 0) is 70.6 Å². The molecule has 0 radical (unpaired) electrons. The maximum atomic E-state index is 13.2. The second kappa shape index (κ2) is 9.33. The molecule has 0 N–H and O–H groups in total. The molecular formula is C27H17ClFNO3S. The van der Waals surface area contributed by atoms with Gasteiger partial charge in [-0.25, -0.2) is 9.29 Å². The molecule has 168 valence electrons. The molecule has 0 aliphatic carbocycles. The molecule has 5 rings (SSSR count). The molecule has 7 heteroatoms. The average molecular weight is 490 g/mol. The number of rotatable bonds is 5. The Morgan fingerprint density at radius 1 is 0.941 bits per heavy atom. The summed E-state index contributed by atoms with van der Waals surface area (Å²) in [5, 5.41) is 1.89. The van der Waals surface area contributed by atoms with Gasteiger partial charge in [0.15, 0.2) is 0 Å². The minimum atomic E-state index is -0.422. The first-order chi connectivity index (χ1) is 16.5. The van der Waals surface area contributed by atoms with Gasteiger partial charge in [0, 0.05) is 10.6 Å². The number of thioether (sulfide) groups is 1. The summed E-state index contributed by atoms with van der Waals surface area (Å²) in [7, 11) is 0. The Morgan fingerprint density at radius 2 is 1.74 bits per heavy atom. The molecule has 0 unspecified atom stereocenters. The summed E-state index contributed by atoms with van der Waals surface area (Å²) in [6.07, 6.45) is 1.69. The van der Waals surface area contributed by atoms with Crippen molar-refractivity contribution in [2.45, 2.75) is 6.61 Å². The number of fused-ring (bicyclic) bond motifs is 1. The summed E-state index contributed by atoms with van der Waals surface area (Å²) in [5.74, 6) is -0.183. The average Bonchev–Trinajstić information content (AvgIpc) is 3.12. The van der Waals surface area contributed by atoms with Crippen LogP contribution in [0.4, 0.5) is 14.9 Å². The Kier molecular flexibility index (Phi) is 6.09. The number of amides is 2. The van der Waals surface area contributed by atoms with Gasteiger partial charge >= 0.3 is 0 Å². The third-order valence-electron chi connectivity index (χ3n) is 5.37. The highest BCUT2D eigenvalue weighted by molar-refractivity contribution is 8.19. The molecule has 1 aliphatic rings. The van der Waals surface area contributed by atoms with Crippen LogP contribution in [0, 0.1) is 5.82 Å². The number of halogens is 2. The normalized spacial score (nSPS) is 14.9. The van der Waals surface area contributed by atoms with Gasteiger partial charge in [-0.2, -0.15) is 0 Å². The minimum absolute atomic E-state index is 0.226. The van der Waals surface area contributed by atoms with Crippen molar-refractivity contribution < 1.29 is 18.7 Å². The van der Waals surface area contributed by atoms with Crippen molar-refractivity contribution in [2.75, 3.05) is 4.90 Å². The van der Waals surface area contributed by atoms with Crippen LogP contribution in [0.25, 0.3) is 16.8 Å². The number of nitrogens with zero attached hydrogens (tertiary/aromatic N) is 1. The Labute approximate surface area is 204 Å². The summed E-state index contributed by atoms with van der Waals surface area (Å²) in [4.78, 5) is 27.3. The van der Waals surface area contributed by atoms with Crippen LogP contribution >= 0.6 is 23.4 Å². The highest BCUT2D eigenvalue weighted by Crippen LogP contribution is 2.39. The van der Waals surface area contributed by atoms with Crippen LogP contribution in [0.15, 0.2) is 89.8 Å². The number of ether oxygens (including phenoxy) is 1. The second-order valence-corrected chi connectivity index (χ2v) is 9.04. The van der Waals surface area contributed by atoms with Crippen LogP contribution in [0.3, 0.4) is 0 Å². The monoisotopic (exact) mass is 489 g/mol. The van der Waals surface area contributed by atoms with E-state index in [2.05, 4.69) is 0 Å². The van der Waals surface area contributed by atoms with Gasteiger partial charge in [0.2, 0.25) is 0 Å². The Bertz CT molecular complexity index is 1450. The molecule has 2 amide bonds. The van der Waals surface area contributed by atoms with E-state index in [0.717, 1.165) is 33.0 Å². The predicted molar refractivity (Wildman–Crippen MR) is 135 cm³/mol. The molecule has 1 aliphatic heterocycles. The maximum Gasteiger partial charge on any atom is 0.298 e. The lowest BCUT2D eigenvalue weighted by Crippen LogP contribution is -2.27. The van der Waals surface area contributed by atoms with Gasteiger partial charge in [0.1, 0.15) is 18.2 Å². The fraction of sp³-hybridized carbons (Fsp3) is 0.0370. The third-order valence-corrected chi connectivity index (χ3v) is 6.48. The van der Waals surface area contributed by atoms with Crippen molar-refractivity contribution >= 4 is 57.0 Å². The lowest BCUT2D eigenvalue weighted by Gasteiger charge is -2.14. The van der Waals surface area contributed by atoms with Crippen LogP contribution in [0.1, 0.15) is 11.1 Å². The number of benzene rings is 4. The van der Waals surface area contributed by atoms with Crippen LogP contribution in [0.2, 0.25) is 5.02 Å². The molecule has 0 atom stereocenters. The van der Waals surface area contributed by atoms with Gasteiger partial charge in [-0.3, -0.25) is 9.59 Å². The van der Waals surface area contributed by atoms with E-state index < -0.39 is 11.1 Å². The van der Waals surface area contributed by atoms with E-state index in [9.17, 15) is 14.0 Å². The van der Waals surface area contributed by atoms with E-state index in [1.54, 1.807) is 42.5 Å². The molecule has 4 aromatic carbocycles. The molecule has 0 bridgehead atoms. The van der Waals surface area contributed by atoms with Crippen LogP contribution < -0.4 is 9.64 Å². The Hall–Kier alpha value is -3.61. The van der Waals surface area contributed by atoms with Crippen LogP contribution in [-0.2, 0) is 11.4 Å². The van der Waals surface area contributed by atoms with Crippen molar-refractivity contribution in [3.05, 3.63) is 112 Å². The molecule has 1 saturated heterocycles. The first-order valence-corrected chi connectivity index (χ1v) is 11.6. The highest BCUT2D eigenvalue weighted by atomic mass is 35.5. The van der Waals surface area contributed by atoms with Gasteiger partial charge in [-0.15, -0.1) is 0 Å². The van der Waals surface area contributed by atoms with Crippen molar-refractivity contribution in [1.82, 2.24) is 0 Å². The fourth-order valence-electron chi connectivity index (χ4n) is 3.73. The highest BCUT2D eigenvalue weighted by Gasteiger charge is 2.36. The molecular weight excluding hydrogens is 473 g/mol. The van der Waals surface area contributed by atoms with Gasteiger partial charge < -0.3 is 4.74 Å². The first-order valence-electron chi connectivity index (χ1n) is 10.4. The Morgan fingerprint density at radius 3 is 2.53 bits per heavy atom. The topological polar surface area (TPSA) is 46.6 Å². The zero-order valence-corrected chi connectivity index (χ0v) is 19.3. The van der Waals surface area contributed by atoms with E-state index in [-0.39, 0.29) is 17.3 Å². The summed E-state index contributed by atoms with van der Waals surface area (Å²) >= 11 is 6.93. The minimum Gasteiger partial charge on any atom is -0.488 e. The maximum absolute atomic E-state index is 13.2. The fourth-order valence-corrected chi connectivity index (χ4v) is 4.74. The lowest BCUT2D eigenvalue weighted by molar-refractivity contribution is -0.113. The summed E-state index contributed by atoms with van der Waals surface area (Å²) in [6, 6.07) is 24.2. The molecule has 34 heavy (non-hydrogen) atoms. The quantitative estimate of drug-likeness (QED) is 0.273. The molecule has 1 heterocycles. The predicted octanol–water partition coefficient (Wildman–Crippen LogP) is 7.45. The number of hydrogen-bond donors (Lipinski definition) is 0. The van der Waals surface area contributed by atoms with E-state index in [1.165, 1.54) is 12.1 Å². The van der Waals surface area contributed by atoms with Crippen LogP contribution in [0.5, 0.6) is 5.75 Å². The van der Waals surface area contributed by atoms with Crippen molar-refractivity contribution in [3.8, 4) is 5.75 Å². The van der Waals surface area contributed by atoms with E-state index in [0.29, 0.717) is 22.0 Å². The molecule has 4 nitrogen and oxygen atoms in total. The number of anilines is 1. The summed E-state index contributed by atoms with van der Waals surface area (Å²) < 4.78 is 19.3. The molecule has 0 saturated carbocycles. The second-order valence-electron chi connectivity index (χ2n) is 7.61. The Balaban J connectivity index is 1.53. The number of carbonyl (C=O) groups is 2. The largest absolute Gasteiger partial charge is 0.488 e. The molecule has 1 fully saturated rings. The molecule has 4 aromatic rings. The van der Waals surface area contributed by atoms with Gasteiger partial charge in [0.25, 0.3) is 11.1 Å². The smallest absolute Gasteiger partial charge is 0.298 e. The third kappa shape index (κ3) is 4.42. The zero-order valence-electron chi connectivity index (χ0n) is 17.7. The van der Waals surface area contributed by atoms with E-state index in [4.69, 9.17) is 16.3 Å². The number of imide groups is 1.